The van der Waals surface area contributed by atoms with Gasteiger partial charge in [-0.05, 0) is 61.1 Å². The number of aromatic nitrogens is 3. The summed E-state index contributed by atoms with van der Waals surface area (Å²) in [7, 11) is 1.79. The topological polar surface area (TPSA) is 68.1 Å². The lowest BCUT2D eigenvalue weighted by atomic mass is 10.0. The van der Waals surface area contributed by atoms with E-state index in [4.69, 9.17) is 0 Å². The molecule has 0 radical (unpaired) electrons. The van der Waals surface area contributed by atoms with Gasteiger partial charge in [-0.15, -0.1) is 0 Å². The first-order valence-corrected chi connectivity index (χ1v) is 10.4. The molecule has 0 bridgehead atoms. The van der Waals surface area contributed by atoms with Crippen LogP contribution in [-0.2, 0) is 17.6 Å². The van der Waals surface area contributed by atoms with Crippen LogP contribution in [0.5, 0.6) is 0 Å². The molecule has 0 saturated heterocycles. The highest BCUT2D eigenvalue weighted by Gasteiger charge is 2.20. The molecule has 6 nitrogen and oxygen atoms in total. The van der Waals surface area contributed by atoms with Crippen LogP contribution in [0.3, 0.4) is 0 Å². The maximum absolute atomic E-state index is 12.7. The van der Waals surface area contributed by atoms with Gasteiger partial charge in [-0.1, -0.05) is 24.3 Å². The minimum atomic E-state index is -0.0857. The van der Waals surface area contributed by atoms with Crippen molar-refractivity contribution in [2.75, 3.05) is 7.05 Å². The number of carbonyl (C=O) groups excluding carboxylic acids is 2. The second-order valence-electron chi connectivity index (χ2n) is 7.87. The molecule has 0 spiro atoms. The van der Waals surface area contributed by atoms with E-state index in [0.717, 1.165) is 36.1 Å². The molecule has 1 aliphatic rings. The number of ketones is 1. The summed E-state index contributed by atoms with van der Waals surface area (Å²) in [6, 6.07) is 13.8. The average molecular weight is 402 g/mol. The number of hydrogen-bond donors (Lipinski definition) is 0. The predicted octanol–water partition coefficient (Wildman–Crippen LogP) is 3.94. The third kappa shape index (κ3) is 4.17. The Balaban J connectivity index is 1.34. The molecular formula is C24H26N4O2. The van der Waals surface area contributed by atoms with E-state index in [2.05, 4.69) is 16.1 Å². The summed E-state index contributed by atoms with van der Waals surface area (Å²) >= 11 is 0. The smallest absolute Gasteiger partial charge is 0.223 e. The van der Waals surface area contributed by atoms with Gasteiger partial charge in [0.2, 0.25) is 5.91 Å². The summed E-state index contributed by atoms with van der Waals surface area (Å²) in [4.78, 5) is 30.9. The van der Waals surface area contributed by atoms with Crippen LogP contribution in [-0.4, -0.2) is 38.4 Å². The zero-order chi connectivity index (χ0) is 21.1. The molecule has 1 aliphatic carbocycles. The largest absolute Gasteiger partial charge is 0.339 e. The summed E-state index contributed by atoms with van der Waals surface area (Å²) in [6.45, 7) is 1.99. The van der Waals surface area contributed by atoms with Gasteiger partial charge in [0.15, 0.2) is 5.78 Å². The van der Waals surface area contributed by atoms with Crippen LogP contribution in [0.15, 0.2) is 55.1 Å². The Morgan fingerprint density at radius 1 is 1.07 bits per heavy atom. The van der Waals surface area contributed by atoms with Crippen LogP contribution in [0.1, 0.15) is 59.3 Å². The van der Waals surface area contributed by atoms with Crippen molar-refractivity contribution in [2.45, 2.75) is 45.1 Å². The van der Waals surface area contributed by atoms with Gasteiger partial charge in [-0.3, -0.25) is 9.59 Å². The fraction of sp³-hybridized carbons (Fsp3) is 0.333. The van der Waals surface area contributed by atoms with Crippen molar-refractivity contribution in [3.8, 4) is 5.69 Å². The Labute approximate surface area is 176 Å². The SMILES string of the molecule is CC(c1ccc(-n2cncn2)cc1)N(C)C(=O)CCC(=O)c1ccc2c(c1)CCC2. The molecule has 1 atom stereocenters. The fourth-order valence-electron chi connectivity index (χ4n) is 3.97. The third-order valence-corrected chi connectivity index (χ3v) is 6.02. The Bertz CT molecular complexity index is 1040. The van der Waals surface area contributed by atoms with Crippen LogP contribution < -0.4 is 0 Å². The number of nitrogens with zero attached hydrogens (tertiary/aromatic N) is 4. The molecule has 3 aromatic rings. The minimum Gasteiger partial charge on any atom is -0.339 e. The first kappa shape index (κ1) is 20.0. The van der Waals surface area contributed by atoms with Gasteiger partial charge in [0.05, 0.1) is 11.7 Å². The second kappa shape index (κ2) is 8.61. The molecule has 30 heavy (non-hydrogen) atoms. The molecule has 0 aliphatic heterocycles. The van der Waals surface area contributed by atoms with E-state index in [1.165, 1.54) is 17.5 Å². The van der Waals surface area contributed by atoms with Crippen LogP contribution >= 0.6 is 0 Å². The van der Waals surface area contributed by atoms with E-state index in [1.54, 1.807) is 23.0 Å². The van der Waals surface area contributed by atoms with Gasteiger partial charge in [0.1, 0.15) is 12.7 Å². The van der Waals surface area contributed by atoms with Crippen LogP contribution in [0.4, 0.5) is 0 Å². The molecule has 1 aromatic heterocycles. The zero-order valence-corrected chi connectivity index (χ0v) is 17.4. The summed E-state index contributed by atoms with van der Waals surface area (Å²) in [5, 5.41) is 4.12. The molecule has 0 N–H and O–H groups in total. The number of rotatable bonds is 7. The number of carbonyl (C=O) groups is 2. The minimum absolute atomic E-state index is 0.0302. The second-order valence-corrected chi connectivity index (χ2v) is 7.87. The molecule has 1 heterocycles. The maximum atomic E-state index is 12.7. The van der Waals surface area contributed by atoms with Crippen molar-refractivity contribution in [3.63, 3.8) is 0 Å². The normalized spacial score (nSPS) is 13.7. The molecule has 1 unspecified atom stereocenters. The summed E-state index contributed by atoms with van der Waals surface area (Å²) in [5.41, 5.74) is 5.30. The summed E-state index contributed by atoms with van der Waals surface area (Å²) in [6.07, 6.45) is 6.90. The van der Waals surface area contributed by atoms with Crippen molar-refractivity contribution in [2.24, 2.45) is 0 Å². The maximum Gasteiger partial charge on any atom is 0.223 e. The highest BCUT2D eigenvalue weighted by molar-refractivity contribution is 5.98. The van der Waals surface area contributed by atoms with Gasteiger partial charge in [-0.2, -0.15) is 5.10 Å². The molecule has 0 saturated carbocycles. The molecule has 6 heteroatoms. The van der Waals surface area contributed by atoms with E-state index < -0.39 is 0 Å². The molecule has 1 amide bonds. The van der Waals surface area contributed by atoms with Crippen molar-refractivity contribution >= 4 is 11.7 Å². The monoisotopic (exact) mass is 402 g/mol. The van der Waals surface area contributed by atoms with Crippen molar-refractivity contribution in [3.05, 3.63) is 77.4 Å². The van der Waals surface area contributed by atoms with Crippen LogP contribution in [0.25, 0.3) is 5.69 Å². The molecule has 4 rings (SSSR count). The predicted molar refractivity (Wildman–Crippen MR) is 115 cm³/mol. The molecule has 154 valence electrons. The molecule has 2 aromatic carbocycles. The van der Waals surface area contributed by atoms with Gasteiger partial charge in [0, 0.05) is 25.5 Å². The van der Waals surface area contributed by atoms with E-state index in [0.29, 0.717) is 0 Å². The Morgan fingerprint density at radius 3 is 2.57 bits per heavy atom. The summed E-state index contributed by atoms with van der Waals surface area (Å²) in [5.74, 6) is 0.00801. The van der Waals surface area contributed by atoms with Gasteiger partial charge < -0.3 is 4.90 Å². The lowest BCUT2D eigenvalue weighted by Gasteiger charge is -2.25. The van der Waals surface area contributed by atoms with E-state index in [9.17, 15) is 9.59 Å². The van der Waals surface area contributed by atoms with Crippen molar-refractivity contribution in [1.29, 1.82) is 0 Å². The quantitative estimate of drug-likeness (QED) is 0.562. The van der Waals surface area contributed by atoms with Crippen molar-refractivity contribution < 1.29 is 9.59 Å². The lowest BCUT2D eigenvalue weighted by Crippen LogP contribution is -2.29. The first-order chi connectivity index (χ1) is 14.5. The molecule has 0 fully saturated rings. The van der Waals surface area contributed by atoms with Gasteiger partial charge >= 0.3 is 0 Å². The lowest BCUT2D eigenvalue weighted by molar-refractivity contribution is -0.131. The number of amides is 1. The Morgan fingerprint density at radius 2 is 1.83 bits per heavy atom. The molecular weight excluding hydrogens is 376 g/mol. The zero-order valence-electron chi connectivity index (χ0n) is 17.4. The number of fused-ring (bicyclic) bond motifs is 1. The van der Waals surface area contributed by atoms with E-state index in [1.807, 2.05) is 43.3 Å². The highest BCUT2D eigenvalue weighted by Crippen LogP contribution is 2.24. The summed E-state index contributed by atoms with van der Waals surface area (Å²) < 4.78 is 1.69. The standard InChI is InChI=1S/C24H26N4O2/c1-17(18-8-10-22(11-9-18)28-16-25-15-26-28)27(2)24(30)13-12-23(29)21-7-6-19-4-3-5-20(19)14-21/h6-11,14-17H,3-5,12-13H2,1-2H3. The van der Waals surface area contributed by atoms with Gasteiger partial charge in [0.25, 0.3) is 0 Å². The highest BCUT2D eigenvalue weighted by atomic mass is 16.2. The third-order valence-electron chi connectivity index (χ3n) is 6.02. The Kier molecular flexibility index (Phi) is 5.74. The van der Waals surface area contributed by atoms with E-state index in [-0.39, 0.29) is 30.6 Å². The average Bonchev–Trinajstić information content (AvgIpc) is 3.47. The first-order valence-electron chi connectivity index (χ1n) is 10.4. The Hall–Kier alpha value is -3.28. The number of Topliss-reactive ketones (excluding diaryl/α,β-unsaturated/α-hetero) is 1. The van der Waals surface area contributed by atoms with E-state index >= 15 is 0 Å². The number of aryl methyl sites for hydroxylation is 2. The van der Waals surface area contributed by atoms with Crippen molar-refractivity contribution in [1.82, 2.24) is 19.7 Å². The van der Waals surface area contributed by atoms with Crippen LogP contribution in [0.2, 0.25) is 0 Å². The fourth-order valence-corrected chi connectivity index (χ4v) is 3.97. The van der Waals surface area contributed by atoms with Crippen LogP contribution in [0, 0.1) is 0 Å². The number of hydrogen-bond acceptors (Lipinski definition) is 4. The number of benzene rings is 2. The van der Waals surface area contributed by atoms with Gasteiger partial charge in [-0.25, -0.2) is 9.67 Å².